The Bertz CT molecular complexity index is 527. The van der Waals surface area contributed by atoms with E-state index in [0.29, 0.717) is 12.3 Å². The maximum atomic E-state index is 13.5. The maximum Gasteiger partial charge on any atom is 0.302 e. The van der Waals surface area contributed by atoms with Crippen LogP contribution < -0.4 is 0 Å². The molecule has 1 radical (unpaired) electrons. The van der Waals surface area contributed by atoms with E-state index in [4.69, 9.17) is 5.26 Å². The van der Waals surface area contributed by atoms with Crippen LogP contribution in [0, 0.1) is 11.3 Å². The number of allylic oxidation sites excluding steroid dienone is 3. The van der Waals surface area contributed by atoms with Gasteiger partial charge in [0.15, 0.2) is 9.84 Å². The van der Waals surface area contributed by atoms with Gasteiger partial charge in [-0.15, -0.1) is 0 Å². The van der Waals surface area contributed by atoms with E-state index in [-0.39, 0.29) is 6.08 Å². The summed E-state index contributed by atoms with van der Waals surface area (Å²) in [7, 11) is -4.41. The minimum Gasteiger partial charge on any atom is -0.285 e. The number of rotatable bonds is 2. The van der Waals surface area contributed by atoms with Crippen molar-refractivity contribution in [2.45, 2.75) is 10.7 Å². The van der Waals surface area contributed by atoms with Crippen molar-refractivity contribution in [2.24, 2.45) is 0 Å². The average molecular weight is 246 g/mol. The molecule has 1 rings (SSSR count). The fourth-order valence-electron chi connectivity index (χ4n) is 1.29. The Labute approximate surface area is 90.8 Å². The number of sulfone groups is 1. The first-order valence-corrected chi connectivity index (χ1v) is 5.88. The highest BCUT2D eigenvalue weighted by Crippen LogP contribution is 2.40. The third-order valence-electron chi connectivity index (χ3n) is 2.19. The van der Waals surface area contributed by atoms with Gasteiger partial charge in [0.1, 0.15) is 0 Å². The van der Waals surface area contributed by atoms with Gasteiger partial charge in [-0.25, -0.2) is 8.42 Å². The molecule has 0 spiro atoms. The molecule has 0 fully saturated rings. The van der Waals surface area contributed by atoms with E-state index in [2.05, 4.69) is 0 Å². The third-order valence-corrected chi connectivity index (χ3v) is 3.85. The molecule has 1 aliphatic carbocycles. The molecule has 0 N–H and O–H groups in total. The lowest BCUT2D eigenvalue weighted by molar-refractivity contribution is 0.0401. The Morgan fingerprint density at radius 3 is 2.38 bits per heavy atom. The van der Waals surface area contributed by atoms with Gasteiger partial charge in [0.05, 0.1) is 6.07 Å². The van der Waals surface area contributed by atoms with Crippen LogP contribution in [0.25, 0.3) is 0 Å². The summed E-state index contributed by atoms with van der Waals surface area (Å²) in [5, 5.41) is 8.71. The molecular weight excluding hydrogens is 240 g/mol. The van der Waals surface area contributed by atoms with E-state index in [9.17, 15) is 22.0 Å². The van der Waals surface area contributed by atoms with Crippen molar-refractivity contribution in [1.82, 2.24) is 0 Å². The van der Waals surface area contributed by atoms with Crippen molar-refractivity contribution >= 4 is 16.1 Å². The van der Waals surface area contributed by atoms with E-state index in [0.717, 1.165) is 12.1 Å². The molecule has 0 saturated carbocycles. The fraction of sp³-hybridized carbons (Fsp3) is 0.333. The first-order valence-electron chi connectivity index (χ1n) is 3.99. The number of alkyl halides is 2. The van der Waals surface area contributed by atoms with Gasteiger partial charge in [0.2, 0.25) is 11.0 Å². The molecule has 0 saturated heterocycles. The normalized spacial score (nSPS) is 28.0. The van der Waals surface area contributed by atoms with Crippen LogP contribution in [-0.2, 0) is 14.6 Å². The summed E-state index contributed by atoms with van der Waals surface area (Å²) in [6.45, 7) is 0. The molecule has 16 heavy (non-hydrogen) atoms. The largest absolute Gasteiger partial charge is 0.302 e. The van der Waals surface area contributed by atoms with Crippen molar-refractivity contribution in [2.75, 3.05) is 6.26 Å². The van der Waals surface area contributed by atoms with E-state index in [1.807, 2.05) is 0 Å². The van der Waals surface area contributed by atoms with Crippen LogP contribution in [-0.4, -0.2) is 31.6 Å². The minimum absolute atomic E-state index is 0.220. The smallest absolute Gasteiger partial charge is 0.285 e. The molecule has 0 amide bonds. The third kappa shape index (κ3) is 1.55. The van der Waals surface area contributed by atoms with Crippen LogP contribution in [0.3, 0.4) is 0 Å². The van der Waals surface area contributed by atoms with Gasteiger partial charge in [-0.1, -0.05) is 0 Å². The van der Waals surface area contributed by atoms with E-state index in [1.165, 1.54) is 6.29 Å². The molecule has 85 valence electrons. The lowest BCUT2D eigenvalue weighted by Crippen LogP contribution is -2.51. The zero-order valence-electron chi connectivity index (χ0n) is 8.07. The Balaban J connectivity index is 3.61. The second-order valence-corrected chi connectivity index (χ2v) is 5.47. The highest BCUT2D eigenvalue weighted by molar-refractivity contribution is 7.92. The van der Waals surface area contributed by atoms with E-state index >= 15 is 0 Å². The molecule has 1 atom stereocenters. The van der Waals surface area contributed by atoms with Gasteiger partial charge in [-0.3, -0.25) is 4.79 Å². The predicted molar refractivity (Wildman–Crippen MR) is 51.1 cm³/mol. The first-order chi connectivity index (χ1) is 7.20. The number of halogens is 2. The molecule has 0 heterocycles. The lowest BCUT2D eigenvalue weighted by atomic mass is 9.93. The zero-order valence-corrected chi connectivity index (χ0v) is 8.88. The lowest BCUT2D eigenvalue weighted by Gasteiger charge is -2.30. The molecule has 4 nitrogen and oxygen atoms in total. The molecule has 0 aromatic rings. The Kier molecular flexibility index (Phi) is 2.73. The number of hydrogen-bond donors (Lipinski definition) is 0. The van der Waals surface area contributed by atoms with Crippen LogP contribution in [0.5, 0.6) is 0 Å². The Hall–Kier alpha value is -1.55. The van der Waals surface area contributed by atoms with Crippen molar-refractivity contribution < 1.29 is 22.0 Å². The summed E-state index contributed by atoms with van der Waals surface area (Å²) >= 11 is 0. The number of carbonyl (C=O) groups excluding carboxylic acids is 1. The maximum absolute atomic E-state index is 13.5. The van der Waals surface area contributed by atoms with Crippen LogP contribution in [0.4, 0.5) is 8.78 Å². The second kappa shape index (κ2) is 3.49. The highest BCUT2D eigenvalue weighted by atomic mass is 32.2. The summed E-state index contributed by atoms with van der Waals surface area (Å²) in [6.07, 6.45) is 3.17. The van der Waals surface area contributed by atoms with Crippen molar-refractivity contribution in [1.29, 1.82) is 5.26 Å². The van der Waals surface area contributed by atoms with Crippen LogP contribution in [0.1, 0.15) is 0 Å². The minimum atomic E-state index is -4.41. The first kappa shape index (κ1) is 12.5. The highest BCUT2D eigenvalue weighted by Gasteiger charge is 2.60. The fourth-order valence-corrected chi connectivity index (χ4v) is 2.36. The van der Waals surface area contributed by atoms with Crippen molar-refractivity contribution in [3.05, 3.63) is 23.8 Å². The molecule has 0 aromatic carbocycles. The molecule has 1 aliphatic rings. The summed E-state index contributed by atoms with van der Waals surface area (Å²) < 4.78 is 46.5. The van der Waals surface area contributed by atoms with Gasteiger partial charge in [-0.05, 0) is 18.2 Å². The van der Waals surface area contributed by atoms with E-state index < -0.39 is 26.1 Å². The van der Waals surface area contributed by atoms with Gasteiger partial charge < -0.3 is 0 Å². The molecular formula is C9H6F2NO3S. The number of nitrogens with zero attached hydrogens (tertiary/aromatic N) is 1. The summed E-state index contributed by atoms with van der Waals surface area (Å²) in [5.74, 6) is -3.88. The molecule has 0 bridgehead atoms. The molecule has 1 unspecified atom stereocenters. The summed E-state index contributed by atoms with van der Waals surface area (Å²) in [6, 6.07) is 1.07. The topological polar surface area (TPSA) is 75.0 Å². The zero-order chi connectivity index (χ0) is 12.6. The van der Waals surface area contributed by atoms with Gasteiger partial charge >= 0.3 is 5.92 Å². The molecule has 0 aromatic heterocycles. The van der Waals surface area contributed by atoms with Gasteiger partial charge in [0.25, 0.3) is 0 Å². The monoisotopic (exact) mass is 246 g/mol. The van der Waals surface area contributed by atoms with Crippen LogP contribution >= 0.6 is 0 Å². The molecule has 0 aliphatic heterocycles. The van der Waals surface area contributed by atoms with Gasteiger partial charge in [0, 0.05) is 11.8 Å². The Morgan fingerprint density at radius 2 is 2.00 bits per heavy atom. The number of nitriles is 1. The quantitative estimate of drug-likeness (QED) is 0.712. The van der Waals surface area contributed by atoms with Crippen molar-refractivity contribution in [3.63, 3.8) is 0 Å². The number of hydrogen-bond acceptors (Lipinski definition) is 4. The van der Waals surface area contributed by atoms with Crippen molar-refractivity contribution in [3.8, 4) is 6.07 Å². The summed E-state index contributed by atoms with van der Waals surface area (Å²) in [5.41, 5.74) is -0.391. The second-order valence-electron chi connectivity index (χ2n) is 3.28. The molecule has 7 heteroatoms. The predicted octanol–water partition coefficient (Wildman–Crippen LogP) is 0.535. The standard InChI is InChI=1S/C9H6F2NO3S/c1-16(14,15)8(6-12)4-7(5-13)2-3-9(8,10)11/h2-4H,1H3. The van der Waals surface area contributed by atoms with Crippen LogP contribution in [0.2, 0.25) is 0 Å². The van der Waals surface area contributed by atoms with E-state index in [1.54, 1.807) is 0 Å². The SMILES string of the molecule is CS(=O)(=O)C1(C#N)C=C([C]=O)C=CC1(F)F. The Morgan fingerprint density at radius 1 is 1.44 bits per heavy atom. The summed E-state index contributed by atoms with van der Waals surface area (Å²) in [4.78, 5) is 10.3. The van der Waals surface area contributed by atoms with Gasteiger partial charge in [-0.2, -0.15) is 14.0 Å². The average Bonchev–Trinajstić information content (AvgIpc) is 2.16. The van der Waals surface area contributed by atoms with Crippen LogP contribution in [0.15, 0.2) is 23.8 Å².